The molecule has 0 N–H and O–H groups in total. The molecule has 1 saturated carbocycles. The van der Waals surface area contributed by atoms with Gasteiger partial charge in [0.1, 0.15) is 0 Å². The Bertz CT molecular complexity index is 740. The lowest BCUT2D eigenvalue weighted by atomic mass is 9.90. The second-order valence-corrected chi connectivity index (χ2v) is 7.68. The molecule has 126 valence electrons. The van der Waals surface area contributed by atoms with E-state index in [1.54, 1.807) is 0 Å². The monoisotopic (exact) mass is 321 g/mol. The molecule has 0 bridgehead atoms. The van der Waals surface area contributed by atoms with Crippen molar-refractivity contribution >= 4 is 0 Å². The van der Waals surface area contributed by atoms with Crippen LogP contribution < -0.4 is 0 Å². The van der Waals surface area contributed by atoms with Gasteiger partial charge in [0.15, 0.2) is 0 Å². The predicted octanol–water partition coefficient (Wildman–Crippen LogP) is 4.38. The molecule has 0 radical (unpaired) electrons. The maximum atomic E-state index is 4.77. The van der Waals surface area contributed by atoms with Crippen LogP contribution in [0.5, 0.6) is 0 Å². The minimum absolute atomic E-state index is 0.451. The zero-order valence-electron chi connectivity index (χ0n) is 15.0. The third-order valence-electron chi connectivity index (χ3n) is 5.71. The summed E-state index contributed by atoms with van der Waals surface area (Å²) < 4.78 is 0. The Hall–Kier alpha value is -1.74. The molecule has 3 unspecified atom stereocenters. The molecule has 1 fully saturated rings. The molecule has 0 saturated heterocycles. The van der Waals surface area contributed by atoms with Gasteiger partial charge in [-0.05, 0) is 68.2 Å². The van der Waals surface area contributed by atoms with Gasteiger partial charge in [0, 0.05) is 25.0 Å². The number of rotatable bonds is 4. The lowest BCUT2D eigenvalue weighted by Gasteiger charge is -2.35. The number of hydrogen-bond donors (Lipinski definition) is 0. The van der Waals surface area contributed by atoms with Crippen molar-refractivity contribution in [3.8, 4) is 0 Å². The first-order valence-electron chi connectivity index (χ1n) is 9.25. The standard InChI is InChI=1S/C21H27N3/c1-14-10-15(2)18(23-12-14)13-24(20-11-16(20)3)19-8-4-6-17-7-5-9-22-21(17)19/h5,7,9-10,12,16,19-20H,4,6,8,11,13H2,1-3H3. The molecule has 0 amide bonds. The molecule has 0 aliphatic heterocycles. The summed E-state index contributed by atoms with van der Waals surface area (Å²) in [6, 6.07) is 7.73. The van der Waals surface area contributed by atoms with E-state index in [4.69, 9.17) is 9.97 Å². The van der Waals surface area contributed by atoms with Crippen molar-refractivity contribution in [2.24, 2.45) is 5.92 Å². The number of fused-ring (bicyclic) bond motifs is 1. The van der Waals surface area contributed by atoms with Gasteiger partial charge >= 0.3 is 0 Å². The summed E-state index contributed by atoms with van der Waals surface area (Å²) in [5.41, 5.74) is 6.54. The summed E-state index contributed by atoms with van der Waals surface area (Å²) in [6.45, 7) is 7.62. The van der Waals surface area contributed by atoms with Gasteiger partial charge in [-0.3, -0.25) is 14.9 Å². The average Bonchev–Trinajstić information content (AvgIpc) is 3.30. The van der Waals surface area contributed by atoms with E-state index in [0.717, 1.165) is 12.5 Å². The van der Waals surface area contributed by atoms with Crippen molar-refractivity contribution in [3.05, 3.63) is 58.7 Å². The van der Waals surface area contributed by atoms with Crippen LogP contribution in [0.3, 0.4) is 0 Å². The Morgan fingerprint density at radius 2 is 2.08 bits per heavy atom. The smallest absolute Gasteiger partial charge is 0.0607 e. The van der Waals surface area contributed by atoms with E-state index in [-0.39, 0.29) is 0 Å². The lowest BCUT2D eigenvalue weighted by molar-refractivity contribution is 0.147. The summed E-state index contributed by atoms with van der Waals surface area (Å²) in [5.74, 6) is 0.796. The fraction of sp³-hybridized carbons (Fsp3) is 0.524. The second-order valence-electron chi connectivity index (χ2n) is 7.68. The first kappa shape index (κ1) is 15.8. The van der Waals surface area contributed by atoms with Crippen molar-refractivity contribution in [2.75, 3.05) is 0 Å². The highest BCUT2D eigenvalue weighted by atomic mass is 15.2. The van der Waals surface area contributed by atoms with Crippen molar-refractivity contribution in [1.82, 2.24) is 14.9 Å². The van der Waals surface area contributed by atoms with Crippen LogP contribution in [0.25, 0.3) is 0 Å². The molecule has 0 aromatic carbocycles. The maximum Gasteiger partial charge on any atom is 0.0607 e. The highest BCUT2D eigenvalue weighted by Crippen LogP contribution is 2.44. The van der Waals surface area contributed by atoms with Gasteiger partial charge in [-0.15, -0.1) is 0 Å². The van der Waals surface area contributed by atoms with Gasteiger partial charge in [0.25, 0.3) is 0 Å². The Balaban J connectivity index is 1.66. The molecule has 2 aliphatic rings. The van der Waals surface area contributed by atoms with E-state index < -0.39 is 0 Å². The summed E-state index contributed by atoms with van der Waals surface area (Å²) in [6.07, 6.45) is 8.93. The molecule has 3 heteroatoms. The fourth-order valence-electron chi connectivity index (χ4n) is 4.21. The third kappa shape index (κ3) is 2.98. The molecule has 2 heterocycles. The first-order valence-corrected chi connectivity index (χ1v) is 9.25. The Morgan fingerprint density at radius 3 is 2.83 bits per heavy atom. The zero-order valence-corrected chi connectivity index (χ0v) is 15.0. The van der Waals surface area contributed by atoms with E-state index in [0.29, 0.717) is 12.1 Å². The minimum Gasteiger partial charge on any atom is -0.286 e. The molecule has 24 heavy (non-hydrogen) atoms. The van der Waals surface area contributed by atoms with Crippen LogP contribution >= 0.6 is 0 Å². The van der Waals surface area contributed by atoms with E-state index in [9.17, 15) is 0 Å². The normalized spacial score (nSPS) is 25.6. The SMILES string of the molecule is Cc1cnc(CN(C2CCCc3cccnc32)C2CC2C)c(C)c1. The predicted molar refractivity (Wildman–Crippen MR) is 96.7 cm³/mol. The Kier molecular flexibility index (Phi) is 4.13. The van der Waals surface area contributed by atoms with Crippen molar-refractivity contribution in [2.45, 2.75) is 65.1 Å². The van der Waals surface area contributed by atoms with Crippen LogP contribution in [-0.4, -0.2) is 20.9 Å². The van der Waals surface area contributed by atoms with E-state index in [2.05, 4.69) is 43.9 Å². The zero-order chi connectivity index (χ0) is 16.7. The average molecular weight is 321 g/mol. The van der Waals surface area contributed by atoms with Gasteiger partial charge in [-0.2, -0.15) is 0 Å². The van der Waals surface area contributed by atoms with Gasteiger partial charge in [0.05, 0.1) is 17.4 Å². The van der Waals surface area contributed by atoms with Crippen LogP contribution in [0.1, 0.15) is 60.3 Å². The number of aryl methyl sites for hydroxylation is 3. The summed E-state index contributed by atoms with van der Waals surface area (Å²) in [5, 5.41) is 0. The third-order valence-corrected chi connectivity index (χ3v) is 5.71. The molecule has 2 aliphatic carbocycles. The van der Waals surface area contributed by atoms with E-state index in [1.165, 1.54) is 53.8 Å². The van der Waals surface area contributed by atoms with E-state index in [1.807, 2.05) is 12.4 Å². The van der Waals surface area contributed by atoms with Gasteiger partial charge in [-0.25, -0.2) is 0 Å². The quantitative estimate of drug-likeness (QED) is 0.837. The number of hydrogen-bond acceptors (Lipinski definition) is 3. The molecule has 4 rings (SSSR count). The molecule has 3 atom stereocenters. The Labute approximate surface area is 145 Å². The summed E-state index contributed by atoms with van der Waals surface area (Å²) in [4.78, 5) is 12.2. The molecule has 0 spiro atoms. The highest BCUT2D eigenvalue weighted by Gasteiger charge is 2.43. The molecule has 2 aromatic heterocycles. The van der Waals surface area contributed by atoms with Crippen LogP contribution in [0.4, 0.5) is 0 Å². The van der Waals surface area contributed by atoms with Gasteiger partial charge in [0.2, 0.25) is 0 Å². The maximum absolute atomic E-state index is 4.77. The summed E-state index contributed by atoms with van der Waals surface area (Å²) >= 11 is 0. The van der Waals surface area contributed by atoms with Crippen LogP contribution in [0, 0.1) is 19.8 Å². The van der Waals surface area contributed by atoms with Crippen molar-refractivity contribution in [3.63, 3.8) is 0 Å². The number of aromatic nitrogens is 2. The number of pyridine rings is 2. The molecule has 3 nitrogen and oxygen atoms in total. The molecular weight excluding hydrogens is 294 g/mol. The van der Waals surface area contributed by atoms with E-state index >= 15 is 0 Å². The van der Waals surface area contributed by atoms with Crippen LogP contribution in [-0.2, 0) is 13.0 Å². The van der Waals surface area contributed by atoms with Gasteiger partial charge in [-0.1, -0.05) is 19.1 Å². The van der Waals surface area contributed by atoms with Crippen LogP contribution in [0.15, 0.2) is 30.6 Å². The second kappa shape index (κ2) is 6.29. The van der Waals surface area contributed by atoms with Gasteiger partial charge < -0.3 is 0 Å². The lowest BCUT2D eigenvalue weighted by Crippen LogP contribution is -2.34. The first-order chi connectivity index (χ1) is 11.6. The number of nitrogens with zero attached hydrogens (tertiary/aromatic N) is 3. The molecule has 2 aromatic rings. The largest absolute Gasteiger partial charge is 0.286 e. The highest BCUT2D eigenvalue weighted by molar-refractivity contribution is 5.28. The van der Waals surface area contributed by atoms with Crippen LogP contribution in [0.2, 0.25) is 0 Å². The topological polar surface area (TPSA) is 29.0 Å². The van der Waals surface area contributed by atoms with Crippen molar-refractivity contribution < 1.29 is 0 Å². The Morgan fingerprint density at radius 1 is 1.25 bits per heavy atom. The minimum atomic E-state index is 0.451. The summed E-state index contributed by atoms with van der Waals surface area (Å²) in [7, 11) is 0. The van der Waals surface area contributed by atoms with Crippen molar-refractivity contribution in [1.29, 1.82) is 0 Å². The molecular formula is C21H27N3. The fourth-order valence-corrected chi connectivity index (χ4v) is 4.21.